The van der Waals surface area contributed by atoms with Crippen LogP contribution in [0, 0.1) is 5.92 Å². The fourth-order valence-corrected chi connectivity index (χ4v) is 3.29. The normalized spacial score (nSPS) is 17.7. The smallest absolute Gasteiger partial charge is 0.0625 e. The van der Waals surface area contributed by atoms with Crippen molar-refractivity contribution in [2.24, 2.45) is 5.92 Å². The number of hydrogen-bond donors (Lipinski definition) is 2. The predicted octanol–water partition coefficient (Wildman–Crippen LogP) is 5.84. The number of halogens is 2. The minimum atomic E-state index is -0.706. The Hall–Kier alpha value is -0.0200. The molecule has 2 unspecified atom stereocenters. The minimum absolute atomic E-state index is 0.0843. The van der Waals surface area contributed by atoms with Gasteiger partial charge in [0.2, 0.25) is 0 Å². The van der Waals surface area contributed by atoms with Gasteiger partial charge in [-0.3, -0.25) is 0 Å². The summed E-state index contributed by atoms with van der Waals surface area (Å²) in [6, 6.07) is 0. The SMILES string of the molecule is C/C(=C\CO)CCCC(C)(O)CC(CCC(C)(C)Cl)/C(C)=C/CCl. The first-order valence-corrected chi connectivity index (χ1v) is 9.82. The Morgan fingerprint density at radius 1 is 1.12 bits per heavy atom. The molecule has 0 aliphatic heterocycles. The highest BCUT2D eigenvalue weighted by atomic mass is 35.5. The predicted molar refractivity (Wildman–Crippen MR) is 107 cm³/mol. The summed E-state index contributed by atoms with van der Waals surface area (Å²) in [7, 11) is 0. The van der Waals surface area contributed by atoms with Crippen molar-refractivity contribution in [1.29, 1.82) is 0 Å². The largest absolute Gasteiger partial charge is 0.392 e. The first-order chi connectivity index (χ1) is 11.0. The van der Waals surface area contributed by atoms with Gasteiger partial charge in [0.05, 0.1) is 12.2 Å². The van der Waals surface area contributed by atoms with Crippen LogP contribution in [-0.2, 0) is 0 Å². The third-order valence-electron chi connectivity index (χ3n) is 4.54. The van der Waals surface area contributed by atoms with Crippen LogP contribution in [0.15, 0.2) is 23.3 Å². The van der Waals surface area contributed by atoms with Crippen molar-refractivity contribution in [1.82, 2.24) is 0 Å². The Morgan fingerprint density at radius 2 is 1.75 bits per heavy atom. The number of allylic oxidation sites excluding steroid dienone is 3. The number of alkyl halides is 2. The molecule has 2 atom stereocenters. The minimum Gasteiger partial charge on any atom is -0.392 e. The molecule has 0 bridgehead atoms. The van der Waals surface area contributed by atoms with Crippen molar-refractivity contribution in [2.45, 2.75) is 83.6 Å². The molecule has 0 aromatic carbocycles. The van der Waals surface area contributed by atoms with Gasteiger partial charge >= 0.3 is 0 Å². The summed E-state index contributed by atoms with van der Waals surface area (Å²) in [5.41, 5.74) is 1.71. The maximum atomic E-state index is 10.8. The molecule has 0 saturated heterocycles. The van der Waals surface area contributed by atoms with E-state index in [1.54, 1.807) is 0 Å². The first kappa shape index (κ1) is 24.0. The van der Waals surface area contributed by atoms with Crippen molar-refractivity contribution in [3.05, 3.63) is 23.3 Å². The second kappa shape index (κ2) is 11.6. The van der Waals surface area contributed by atoms with E-state index < -0.39 is 5.60 Å². The lowest BCUT2D eigenvalue weighted by Crippen LogP contribution is -2.29. The molecule has 24 heavy (non-hydrogen) atoms. The topological polar surface area (TPSA) is 40.5 Å². The highest BCUT2D eigenvalue weighted by molar-refractivity contribution is 6.23. The molecule has 0 amide bonds. The number of hydrogen-bond acceptors (Lipinski definition) is 2. The van der Waals surface area contributed by atoms with Gasteiger partial charge in [-0.25, -0.2) is 0 Å². The van der Waals surface area contributed by atoms with Crippen LogP contribution in [0.25, 0.3) is 0 Å². The van der Waals surface area contributed by atoms with E-state index in [0.29, 0.717) is 11.8 Å². The van der Waals surface area contributed by atoms with Crippen molar-refractivity contribution < 1.29 is 10.2 Å². The Kier molecular flexibility index (Phi) is 11.6. The molecule has 0 heterocycles. The summed E-state index contributed by atoms with van der Waals surface area (Å²) in [6.07, 6.45) is 9.02. The molecule has 2 nitrogen and oxygen atoms in total. The third kappa shape index (κ3) is 12.4. The highest BCUT2D eigenvalue weighted by Crippen LogP contribution is 2.33. The zero-order chi connectivity index (χ0) is 18.8. The Labute approximate surface area is 158 Å². The monoisotopic (exact) mass is 378 g/mol. The number of aliphatic hydroxyl groups is 2. The molecule has 2 N–H and O–H groups in total. The zero-order valence-electron chi connectivity index (χ0n) is 16.0. The van der Waals surface area contributed by atoms with Crippen LogP contribution in [0.1, 0.15) is 73.1 Å². The standard InChI is InChI=1S/C20H36Cl2O2/c1-16(10-14-23)7-6-11-20(5,24)15-18(17(2)9-13-21)8-12-19(3,4)22/h9-10,18,23-24H,6-8,11-15H2,1-5H3/b16-10+,17-9+. The Balaban J connectivity index is 4.72. The van der Waals surface area contributed by atoms with E-state index in [2.05, 4.69) is 6.92 Å². The molecule has 0 fully saturated rings. The van der Waals surface area contributed by atoms with Gasteiger partial charge in [0.15, 0.2) is 0 Å². The van der Waals surface area contributed by atoms with Gasteiger partial charge < -0.3 is 10.2 Å². The van der Waals surface area contributed by atoms with E-state index >= 15 is 0 Å². The molecule has 0 rings (SSSR count). The maximum Gasteiger partial charge on any atom is 0.0625 e. The highest BCUT2D eigenvalue weighted by Gasteiger charge is 2.27. The summed E-state index contributed by atoms with van der Waals surface area (Å²) >= 11 is 12.2. The molecule has 0 aliphatic rings. The molecular weight excluding hydrogens is 343 g/mol. The van der Waals surface area contributed by atoms with Gasteiger partial charge in [-0.15, -0.1) is 23.2 Å². The van der Waals surface area contributed by atoms with Crippen LogP contribution in [0.3, 0.4) is 0 Å². The number of aliphatic hydroxyl groups excluding tert-OH is 1. The van der Waals surface area contributed by atoms with Gasteiger partial charge in [-0.05, 0) is 79.1 Å². The average molecular weight is 379 g/mol. The van der Waals surface area contributed by atoms with Crippen LogP contribution >= 0.6 is 23.2 Å². The van der Waals surface area contributed by atoms with Crippen molar-refractivity contribution in [2.75, 3.05) is 12.5 Å². The van der Waals surface area contributed by atoms with Gasteiger partial charge in [0, 0.05) is 10.8 Å². The van der Waals surface area contributed by atoms with Crippen molar-refractivity contribution in [3.8, 4) is 0 Å². The van der Waals surface area contributed by atoms with Gasteiger partial charge in [-0.1, -0.05) is 23.3 Å². The van der Waals surface area contributed by atoms with Crippen molar-refractivity contribution >= 4 is 23.2 Å². The van der Waals surface area contributed by atoms with Crippen LogP contribution in [-0.4, -0.2) is 33.2 Å². The van der Waals surface area contributed by atoms with E-state index in [9.17, 15) is 5.11 Å². The van der Waals surface area contributed by atoms with Crippen LogP contribution < -0.4 is 0 Å². The lowest BCUT2D eigenvalue weighted by molar-refractivity contribution is 0.0264. The molecular formula is C20H36Cl2O2. The summed E-state index contributed by atoms with van der Waals surface area (Å²) in [4.78, 5) is -0.225. The van der Waals surface area contributed by atoms with E-state index in [1.165, 1.54) is 11.1 Å². The lowest BCUT2D eigenvalue weighted by Gasteiger charge is -2.31. The molecule has 0 aliphatic carbocycles. The van der Waals surface area contributed by atoms with Gasteiger partial charge in [0.1, 0.15) is 0 Å². The van der Waals surface area contributed by atoms with Gasteiger partial charge in [0.25, 0.3) is 0 Å². The van der Waals surface area contributed by atoms with E-state index in [1.807, 2.05) is 39.8 Å². The second-order valence-corrected chi connectivity index (χ2v) is 9.18. The molecule has 142 valence electrons. The number of rotatable bonds is 12. The van der Waals surface area contributed by atoms with Gasteiger partial charge in [-0.2, -0.15) is 0 Å². The first-order valence-electron chi connectivity index (χ1n) is 8.91. The molecule has 0 saturated carbocycles. The quantitative estimate of drug-likeness (QED) is 0.331. The maximum absolute atomic E-state index is 10.8. The Morgan fingerprint density at radius 3 is 2.25 bits per heavy atom. The van der Waals surface area contributed by atoms with E-state index in [0.717, 1.165) is 38.5 Å². The molecule has 4 heteroatoms. The van der Waals surface area contributed by atoms with E-state index in [-0.39, 0.29) is 11.5 Å². The lowest BCUT2D eigenvalue weighted by atomic mass is 9.80. The average Bonchev–Trinajstić information content (AvgIpc) is 2.42. The van der Waals surface area contributed by atoms with Crippen LogP contribution in [0.4, 0.5) is 0 Å². The Bertz CT molecular complexity index is 406. The van der Waals surface area contributed by atoms with Crippen LogP contribution in [0.5, 0.6) is 0 Å². The summed E-state index contributed by atoms with van der Waals surface area (Å²) in [5.74, 6) is 0.797. The van der Waals surface area contributed by atoms with Crippen molar-refractivity contribution in [3.63, 3.8) is 0 Å². The zero-order valence-corrected chi connectivity index (χ0v) is 17.6. The third-order valence-corrected chi connectivity index (χ3v) is 4.89. The van der Waals surface area contributed by atoms with Crippen LogP contribution in [0.2, 0.25) is 0 Å². The fraction of sp³-hybridized carbons (Fsp3) is 0.800. The molecule has 0 spiro atoms. The summed E-state index contributed by atoms with van der Waals surface area (Å²) < 4.78 is 0. The van der Waals surface area contributed by atoms with E-state index in [4.69, 9.17) is 28.3 Å². The summed E-state index contributed by atoms with van der Waals surface area (Å²) in [6.45, 7) is 10.2. The molecule has 0 aromatic rings. The summed E-state index contributed by atoms with van der Waals surface area (Å²) in [5, 5.41) is 19.7. The molecule has 0 aromatic heterocycles. The second-order valence-electron chi connectivity index (χ2n) is 7.84. The molecule has 0 radical (unpaired) electrons. The fourth-order valence-electron chi connectivity index (χ4n) is 2.94.